The summed E-state index contributed by atoms with van der Waals surface area (Å²) in [6.07, 6.45) is -0.669. The van der Waals surface area contributed by atoms with Crippen LogP contribution in [0.3, 0.4) is 0 Å². The number of nitro benzene ring substituents is 1. The summed E-state index contributed by atoms with van der Waals surface area (Å²) in [6, 6.07) is 30.1. The fraction of sp³-hybridized carbons (Fsp3) is 0.133. The highest BCUT2D eigenvalue weighted by molar-refractivity contribution is 5.83. The maximum absolute atomic E-state index is 13.0. The number of nitrogens with one attached hydrogen (secondary N) is 1. The molecule has 1 N–H and O–H groups in total. The van der Waals surface area contributed by atoms with Gasteiger partial charge in [0.25, 0.3) is 5.69 Å². The second-order valence-corrected chi connectivity index (χ2v) is 8.55. The van der Waals surface area contributed by atoms with Crippen molar-refractivity contribution in [2.75, 3.05) is 0 Å². The summed E-state index contributed by atoms with van der Waals surface area (Å²) in [5.74, 6) is 0.0208. The second-order valence-electron chi connectivity index (χ2n) is 8.55. The Labute approximate surface area is 225 Å². The van der Waals surface area contributed by atoms with Gasteiger partial charge in [0, 0.05) is 18.6 Å². The normalized spacial score (nSPS) is 11.2. The Hall–Kier alpha value is -5.18. The van der Waals surface area contributed by atoms with Gasteiger partial charge in [-0.3, -0.25) is 10.1 Å². The van der Waals surface area contributed by atoms with E-state index in [2.05, 4.69) is 5.32 Å². The van der Waals surface area contributed by atoms with Gasteiger partial charge in [0.05, 0.1) is 4.92 Å². The van der Waals surface area contributed by atoms with Crippen molar-refractivity contribution in [3.8, 4) is 11.5 Å². The molecule has 0 aromatic heterocycles. The number of carbonyl (C=O) groups excluding carboxylic acids is 2. The van der Waals surface area contributed by atoms with Crippen molar-refractivity contribution in [3.05, 3.63) is 136 Å². The smallest absolute Gasteiger partial charge is 0.408 e. The zero-order chi connectivity index (χ0) is 27.5. The first-order valence-corrected chi connectivity index (χ1v) is 12.2. The van der Waals surface area contributed by atoms with Gasteiger partial charge in [0.2, 0.25) is 0 Å². The van der Waals surface area contributed by atoms with Gasteiger partial charge in [-0.25, -0.2) is 9.59 Å². The van der Waals surface area contributed by atoms with Crippen LogP contribution in [0.15, 0.2) is 109 Å². The van der Waals surface area contributed by atoms with Crippen molar-refractivity contribution in [1.29, 1.82) is 0 Å². The Morgan fingerprint density at radius 2 is 1.28 bits per heavy atom. The number of hydrogen-bond donors (Lipinski definition) is 1. The first-order chi connectivity index (χ1) is 19.0. The molecular formula is C30H26N2O7. The van der Waals surface area contributed by atoms with E-state index in [1.807, 2.05) is 60.7 Å². The molecule has 0 spiro atoms. The van der Waals surface area contributed by atoms with Gasteiger partial charge < -0.3 is 19.5 Å². The fourth-order valence-corrected chi connectivity index (χ4v) is 3.62. The molecule has 0 aliphatic carbocycles. The maximum atomic E-state index is 13.0. The van der Waals surface area contributed by atoms with Gasteiger partial charge in [-0.1, -0.05) is 72.8 Å². The molecule has 4 rings (SSSR count). The summed E-state index contributed by atoms with van der Waals surface area (Å²) in [5, 5.41) is 13.5. The van der Waals surface area contributed by atoms with Crippen molar-refractivity contribution < 1.29 is 28.7 Å². The van der Waals surface area contributed by atoms with Crippen molar-refractivity contribution >= 4 is 17.7 Å². The number of rotatable bonds is 11. The van der Waals surface area contributed by atoms with E-state index in [4.69, 9.17) is 14.2 Å². The minimum atomic E-state index is -1.08. The second kappa shape index (κ2) is 13.4. The van der Waals surface area contributed by atoms with E-state index in [1.165, 1.54) is 24.3 Å². The number of esters is 1. The van der Waals surface area contributed by atoms with Gasteiger partial charge in [0.1, 0.15) is 30.8 Å². The summed E-state index contributed by atoms with van der Waals surface area (Å²) < 4.78 is 16.5. The van der Waals surface area contributed by atoms with Gasteiger partial charge in [-0.2, -0.15) is 0 Å². The Bertz CT molecular complexity index is 1380. The quantitative estimate of drug-likeness (QED) is 0.117. The lowest BCUT2D eigenvalue weighted by Gasteiger charge is -2.18. The minimum Gasteiger partial charge on any atom is -0.489 e. The first kappa shape index (κ1) is 26.9. The molecule has 0 bridgehead atoms. The molecule has 9 nitrogen and oxygen atoms in total. The number of nitrogens with zero attached hydrogens (tertiary/aromatic N) is 1. The lowest BCUT2D eigenvalue weighted by Crippen LogP contribution is -2.44. The van der Waals surface area contributed by atoms with E-state index in [0.29, 0.717) is 12.4 Å². The minimum absolute atomic E-state index is 0.0320. The topological polar surface area (TPSA) is 117 Å². The average molecular weight is 527 g/mol. The van der Waals surface area contributed by atoms with Crippen molar-refractivity contribution in [3.63, 3.8) is 0 Å². The Morgan fingerprint density at radius 1 is 0.718 bits per heavy atom. The molecule has 4 aromatic carbocycles. The fourth-order valence-electron chi connectivity index (χ4n) is 3.62. The molecule has 4 aromatic rings. The van der Waals surface area contributed by atoms with Gasteiger partial charge in [-0.15, -0.1) is 0 Å². The molecule has 1 atom stereocenters. The molecule has 9 heteroatoms. The van der Waals surface area contributed by atoms with Crippen molar-refractivity contribution in [1.82, 2.24) is 5.32 Å². The van der Waals surface area contributed by atoms with Gasteiger partial charge >= 0.3 is 12.1 Å². The molecule has 1 amide bonds. The summed E-state index contributed by atoms with van der Waals surface area (Å²) >= 11 is 0. The average Bonchev–Trinajstić information content (AvgIpc) is 2.96. The number of hydrogen-bond acceptors (Lipinski definition) is 7. The number of ether oxygens (including phenoxy) is 3. The summed E-state index contributed by atoms with van der Waals surface area (Å²) in [5.41, 5.74) is 2.44. The molecule has 198 valence electrons. The van der Waals surface area contributed by atoms with Crippen LogP contribution in [0.25, 0.3) is 0 Å². The molecule has 0 radical (unpaired) electrons. The van der Waals surface area contributed by atoms with Crippen LogP contribution < -0.4 is 14.8 Å². The van der Waals surface area contributed by atoms with Crippen molar-refractivity contribution in [2.45, 2.75) is 25.7 Å². The highest BCUT2D eigenvalue weighted by atomic mass is 16.6. The highest BCUT2D eigenvalue weighted by Gasteiger charge is 2.24. The van der Waals surface area contributed by atoms with Crippen molar-refractivity contribution in [2.24, 2.45) is 0 Å². The molecule has 0 saturated carbocycles. The third-order valence-electron chi connectivity index (χ3n) is 5.67. The van der Waals surface area contributed by atoms with Crippen LogP contribution in [-0.2, 0) is 29.2 Å². The number of nitro groups is 1. The first-order valence-electron chi connectivity index (χ1n) is 12.2. The lowest BCUT2D eigenvalue weighted by molar-refractivity contribution is -0.384. The summed E-state index contributed by atoms with van der Waals surface area (Å²) in [7, 11) is 0. The molecule has 0 heterocycles. The van der Waals surface area contributed by atoms with Gasteiger partial charge in [0.15, 0.2) is 0 Å². The third kappa shape index (κ3) is 8.43. The Balaban J connectivity index is 1.41. The number of alkyl carbamates (subject to hydrolysis) is 1. The van der Waals surface area contributed by atoms with Gasteiger partial charge in [-0.05, 0) is 41.0 Å². The van der Waals surface area contributed by atoms with E-state index in [1.54, 1.807) is 24.3 Å². The molecule has 0 aliphatic rings. The lowest BCUT2D eigenvalue weighted by atomic mass is 10.1. The highest BCUT2D eigenvalue weighted by Crippen LogP contribution is 2.19. The Morgan fingerprint density at radius 3 is 1.87 bits per heavy atom. The van der Waals surface area contributed by atoms with E-state index < -0.39 is 23.0 Å². The monoisotopic (exact) mass is 526 g/mol. The molecular weight excluding hydrogens is 500 g/mol. The zero-order valence-electron chi connectivity index (χ0n) is 20.9. The summed E-state index contributed by atoms with van der Waals surface area (Å²) in [6.45, 7) is 0.448. The number of non-ortho nitro benzene ring substituents is 1. The molecule has 39 heavy (non-hydrogen) atoms. The van der Waals surface area contributed by atoms with Crippen LogP contribution in [0, 0.1) is 10.1 Å². The number of benzene rings is 4. The largest absolute Gasteiger partial charge is 0.489 e. The number of carbonyl (C=O) groups is 2. The molecule has 0 aliphatic heterocycles. The predicted molar refractivity (Wildman–Crippen MR) is 143 cm³/mol. The van der Waals surface area contributed by atoms with Crippen LogP contribution in [0.1, 0.15) is 16.7 Å². The zero-order valence-corrected chi connectivity index (χ0v) is 20.9. The van der Waals surface area contributed by atoms with Crippen LogP contribution in [0.2, 0.25) is 0 Å². The van der Waals surface area contributed by atoms with E-state index in [-0.39, 0.29) is 24.5 Å². The SMILES string of the molecule is O=C(NC(Cc1ccc(OCc2ccccc2)cc1)C(=O)Oc1ccc([N+](=O)[O-])cc1)OCc1ccccc1. The van der Waals surface area contributed by atoms with Crippen LogP contribution >= 0.6 is 0 Å². The van der Waals surface area contributed by atoms with Crippen LogP contribution in [-0.4, -0.2) is 23.0 Å². The van der Waals surface area contributed by atoms with E-state index in [0.717, 1.165) is 16.7 Å². The summed E-state index contributed by atoms with van der Waals surface area (Å²) in [4.78, 5) is 35.9. The molecule has 1 unspecified atom stereocenters. The van der Waals surface area contributed by atoms with Crippen LogP contribution in [0.4, 0.5) is 10.5 Å². The standard InChI is InChI=1S/C30H26N2O7/c33-29(39-27-17-13-25(14-18-27)32(35)36)28(31-30(34)38-21-24-9-5-2-6-10-24)19-22-11-15-26(16-12-22)37-20-23-7-3-1-4-8-23/h1-18,28H,19-21H2,(H,31,34). The van der Waals surface area contributed by atoms with E-state index >= 15 is 0 Å². The molecule has 0 saturated heterocycles. The van der Waals surface area contributed by atoms with Crippen LogP contribution in [0.5, 0.6) is 11.5 Å². The maximum Gasteiger partial charge on any atom is 0.408 e. The third-order valence-corrected chi connectivity index (χ3v) is 5.67. The van der Waals surface area contributed by atoms with E-state index in [9.17, 15) is 19.7 Å². The molecule has 0 fully saturated rings. The Kier molecular flexibility index (Phi) is 9.22. The number of amides is 1. The predicted octanol–water partition coefficient (Wildman–Crippen LogP) is 5.62.